The predicted molar refractivity (Wildman–Crippen MR) is 177 cm³/mol. The monoisotopic (exact) mass is 580 g/mol. The predicted octanol–water partition coefficient (Wildman–Crippen LogP) is 10.1. The average molecular weight is 581 g/mol. The Bertz CT molecular complexity index is 1420. The van der Waals surface area contributed by atoms with Crippen molar-refractivity contribution in [3.63, 3.8) is 0 Å². The lowest BCUT2D eigenvalue weighted by molar-refractivity contribution is -0.00613. The molecule has 4 bridgehead atoms. The Morgan fingerprint density at radius 2 is 1.43 bits per heavy atom. The number of esters is 1. The molecule has 0 aliphatic heterocycles. The summed E-state index contributed by atoms with van der Waals surface area (Å²) in [6, 6.07) is 23.2. The van der Waals surface area contributed by atoms with E-state index in [-0.39, 0.29) is 11.4 Å². The number of benzene rings is 3. The van der Waals surface area contributed by atoms with E-state index in [1.165, 1.54) is 73.3 Å². The summed E-state index contributed by atoms with van der Waals surface area (Å²) in [4.78, 5) is 12.8. The highest BCUT2D eigenvalue weighted by Gasteiger charge is 2.52. The van der Waals surface area contributed by atoms with Crippen molar-refractivity contribution in [2.75, 3.05) is 13.7 Å². The van der Waals surface area contributed by atoms with E-state index in [2.05, 4.69) is 75.0 Å². The minimum absolute atomic E-state index is 0.241. The molecule has 4 heteroatoms. The van der Waals surface area contributed by atoms with Gasteiger partial charge in [-0.2, -0.15) is 0 Å². The standard InChI is InChI=1S/C38H48O3Si/c1-5-42(6-2,7-3)17-9-8-16-41-37(39)34-13-12-30-21-31(10-11-32(30)22-34)33-14-15-36(40-4)35(23-33)38-24-27-18-28(25-38)20-29(19-27)26-38/h9-15,17,21-23,27-29H,5-8,16,18-20,24-26H2,1-4H3/b17-9+. The first-order chi connectivity index (χ1) is 20.4. The van der Waals surface area contributed by atoms with E-state index in [0.29, 0.717) is 12.2 Å². The zero-order chi connectivity index (χ0) is 29.3. The summed E-state index contributed by atoms with van der Waals surface area (Å²) in [6.45, 7) is 7.36. The molecule has 0 N–H and O–H groups in total. The molecule has 7 rings (SSSR count). The number of ether oxygens (including phenoxy) is 2. The van der Waals surface area contributed by atoms with Crippen LogP contribution in [0.5, 0.6) is 5.75 Å². The molecule has 4 aliphatic carbocycles. The second-order valence-corrected chi connectivity index (χ2v) is 18.8. The maximum atomic E-state index is 12.8. The molecule has 0 spiro atoms. The molecule has 0 unspecified atom stereocenters. The third-order valence-electron chi connectivity index (χ3n) is 11.3. The molecule has 3 aromatic carbocycles. The van der Waals surface area contributed by atoms with E-state index >= 15 is 0 Å². The van der Waals surface area contributed by atoms with Crippen molar-refractivity contribution in [2.45, 2.75) is 89.3 Å². The Morgan fingerprint density at radius 3 is 2.07 bits per heavy atom. The van der Waals surface area contributed by atoms with Crippen LogP contribution in [0, 0.1) is 17.8 Å². The summed E-state index contributed by atoms with van der Waals surface area (Å²) in [7, 11) is 0.555. The van der Waals surface area contributed by atoms with Gasteiger partial charge in [0.1, 0.15) is 5.75 Å². The van der Waals surface area contributed by atoms with Gasteiger partial charge in [0.15, 0.2) is 0 Å². The van der Waals surface area contributed by atoms with Crippen LogP contribution in [-0.4, -0.2) is 27.8 Å². The minimum atomic E-state index is -1.27. The number of hydrogen-bond acceptors (Lipinski definition) is 3. The molecular weight excluding hydrogens is 533 g/mol. The summed E-state index contributed by atoms with van der Waals surface area (Å²) >= 11 is 0. The van der Waals surface area contributed by atoms with Crippen molar-refractivity contribution in [1.29, 1.82) is 0 Å². The highest BCUT2D eigenvalue weighted by Crippen LogP contribution is 2.62. The normalized spacial score (nSPS) is 24.9. The first kappa shape index (κ1) is 29.2. The second-order valence-electron chi connectivity index (χ2n) is 13.6. The van der Waals surface area contributed by atoms with Crippen molar-refractivity contribution >= 4 is 24.8 Å². The Kier molecular flexibility index (Phi) is 8.37. The van der Waals surface area contributed by atoms with Crippen LogP contribution in [0.25, 0.3) is 21.9 Å². The number of hydrogen-bond donors (Lipinski definition) is 0. The van der Waals surface area contributed by atoms with Gasteiger partial charge in [-0.1, -0.05) is 74.9 Å². The molecule has 0 amide bonds. The van der Waals surface area contributed by atoms with Gasteiger partial charge >= 0.3 is 5.97 Å². The highest BCUT2D eigenvalue weighted by atomic mass is 28.3. The van der Waals surface area contributed by atoms with Crippen molar-refractivity contribution in [2.24, 2.45) is 17.8 Å². The van der Waals surface area contributed by atoms with Crippen molar-refractivity contribution < 1.29 is 14.3 Å². The van der Waals surface area contributed by atoms with Gasteiger partial charge in [-0.25, -0.2) is 4.79 Å². The summed E-state index contributed by atoms with van der Waals surface area (Å²) in [5.41, 5.74) is 7.26. The van der Waals surface area contributed by atoms with E-state index in [0.717, 1.165) is 40.7 Å². The quantitative estimate of drug-likeness (QED) is 0.129. The lowest BCUT2D eigenvalue weighted by atomic mass is 9.48. The molecule has 0 aromatic heterocycles. The fraction of sp³-hybridized carbons (Fsp3) is 0.500. The zero-order valence-electron chi connectivity index (χ0n) is 26.1. The summed E-state index contributed by atoms with van der Waals surface area (Å²) in [5, 5.41) is 2.20. The Labute approximate surface area is 253 Å². The molecule has 4 aliphatic rings. The molecular formula is C38H48O3Si. The second kappa shape index (κ2) is 12.0. The third-order valence-corrected chi connectivity index (χ3v) is 16.5. The number of methoxy groups -OCH3 is 1. The molecule has 0 saturated heterocycles. The van der Waals surface area contributed by atoms with Gasteiger partial charge < -0.3 is 9.47 Å². The molecule has 0 atom stereocenters. The number of rotatable bonds is 11. The Morgan fingerprint density at radius 1 is 0.833 bits per heavy atom. The molecule has 3 aromatic rings. The van der Waals surface area contributed by atoms with Crippen LogP contribution in [0.1, 0.15) is 81.6 Å². The van der Waals surface area contributed by atoms with Crippen molar-refractivity contribution in [3.05, 3.63) is 77.5 Å². The molecule has 3 nitrogen and oxygen atoms in total. The third kappa shape index (κ3) is 5.59. The van der Waals surface area contributed by atoms with Gasteiger partial charge in [-0.05, 0) is 120 Å². The summed E-state index contributed by atoms with van der Waals surface area (Å²) in [5.74, 6) is 3.50. The van der Waals surface area contributed by atoms with Gasteiger partial charge in [-0.15, -0.1) is 0 Å². The van der Waals surface area contributed by atoms with Crippen LogP contribution in [0.15, 0.2) is 66.4 Å². The van der Waals surface area contributed by atoms with Crippen LogP contribution in [0.2, 0.25) is 18.1 Å². The van der Waals surface area contributed by atoms with Gasteiger partial charge in [0.25, 0.3) is 0 Å². The van der Waals surface area contributed by atoms with E-state index in [4.69, 9.17) is 9.47 Å². The first-order valence-corrected chi connectivity index (χ1v) is 19.2. The molecule has 4 fully saturated rings. The van der Waals surface area contributed by atoms with E-state index in [1.54, 1.807) is 0 Å². The number of fused-ring (bicyclic) bond motifs is 1. The maximum absolute atomic E-state index is 12.8. The molecule has 4 saturated carbocycles. The van der Waals surface area contributed by atoms with Crippen LogP contribution >= 0.6 is 0 Å². The number of carbonyl (C=O) groups is 1. The lowest BCUT2D eigenvalue weighted by Crippen LogP contribution is -2.48. The van der Waals surface area contributed by atoms with Crippen LogP contribution in [0.3, 0.4) is 0 Å². The summed E-state index contributed by atoms with van der Waals surface area (Å²) < 4.78 is 11.6. The van der Waals surface area contributed by atoms with Crippen LogP contribution in [-0.2, 0) is 10.2 Å². The van der Waals surface area contributed by atoms with E-state index in [9.17, 15) is 4.79 Å². The summed E-state index contributed by atoms with van der Waals surface area (Å²) in [6.07, 6.45) is 11.3. The van der Waals surface area contributed by atoms with Crippen molar-refractivity contribution in [3.8, 4) is 16.9 Å². The molecule has 0 heterocycles. The molecule has 42 heavy (non-hydrogen) atoms. The highest BCUT2D eigenvalue weighted by molar-refractivity contribution is 6.84. The molecule has 0 radical (unpaired) electrons. The lowest BCUT2D eigenvalue weighted by Gasteiger charge is -2.57. The topological polar surface area (TPSA) is 35.5 Å². The van der Waals surface area contributed by atoms with Gasteiger partial charge in [0, 0.05) is 5.56 Å². The van der Waals surface area contributed by atoms with E-state index < -0.39 is 8.07 Å². The fourth-order valence-corrected chi connectivity index (χ4v) is 11.9. The van der Waals surface area contributed by atoms with Crippen molar-refractivity contribution in [1.82, 2.24) is 0 Å². The largest absolute Gasteiger partial charge is 0.496 e. The van der Waals surface area contributed by atoms with Gasteiger partial charge in [0.05, 0.1) is 27.4 Å². The first-order valence-electron chi connectivity index (χ1n) is 16.5. The smallest absolute Gasteiger partial charge is 0.338 e. The van der Waals surface area contributed by atoms with Gasteiger partial charge in [0.2, 0.25) is 0 Å². The average Bonchev–Trinajstić information content (AvgIpc) is 3.01. The number of carbonyl (C=O) groups excluding carboxylic acids is 1. The Hall–Kier alpha value is -2.85. The van der Waals surface area contributed by atoms with E-state index in [1.807, 2.05) is 19.2 Å². The fourth-order valence-electron chi connectivity index (χ4n) is 9.03. The van der Waals surface area contributed by atoms with Crippen LogP contribution < -0.4 is 4.74 Å². The molecule has 222 valence electrons. The van der Waals surface area contributed by atoms with Crippen LogP contribution in [0.4, 0.5) is 0 Å². The SMILES string of the molecule is CC[Si](/C=C/CCOC(=O)c1ccc2cc(-c3ccc(OC)c(C45CC6CC(CC(C6)C4)C5)c3)ccc2c1)(CC)CC. The Balaban J connectivity index is 1.17. The minimum Gasteiger partial charge on any atom is -0.496 e. The van der Waals surface area contributed by atoms with Gasteiger partial charge in [-0.3, -0.25) is 0 Å². The maximum Gasteiger partial charge on any atom is 0.338 e. The zero-order valence-corrected chi connectivity index (χ0v) is 27.1.